The Morgan fingerprint density at radius 2 is 1.69 bits per heavy atom. The second-order valence-corrected chi connectivity index (χ2v) is 6.94. The van der Waals surface area contributed by atoms with E-state index < -0.39 is 0 Å². The summed E-state index contributed by atoms with van der Waals surface area (Å²) < 4.78 is 0. The van der Waals surface area contributed by atoms with Crippen molar-refractivity contribution in [2.45, 2.75) is 18.9 Å². The van der Waals surface area contributed by atoms with Gasteiger partial charge in [0, 0.05) is 12.2 Å². The Morgan fingerprint density at radius 1 is 0.885 bits per heavy atom. The van der Waals surface area contributed by atoms with Crippen LogP contribution in [0.25, 0.3) is 22.2 Å². The molecule has 3 heteroatoms. The summed E-state index contributed by atoms with van der Waals surface area (Å²) in [5, 5.41) is 0. The van der Waals surface area contributed by atoms with E-state index in [1.165, 1.54) is 35.2 Å². The van der Waals surface area contributed by atoms with Crippen LogP contribution in [-0.4, -0.2) is 16.5 Å². The van der Waals surface area contributed by atoms with Crippen LogP contribution < -0.4 is 4.90 Å². The summed E-state index contributed by atoms with van der Waals surface area (Å²) in [7, 11) is 0. The van der Waals surface area contributed by atoms with Crippen molar-refractivity contribution >= 4 is 16.7 Å². The first-order valence-corrected chi connectivity index (χ1v) is 9.24. The second kappa shape index (κ2) is 6.34. The van der Waals surface area contributed by atoms with Crippen molar-refractivity contribution in [2.75, 3.05) is 11.4 Å². The lowest BCUT2D eigenvalue weighted by Crippen LogP contribution is -2.22. The highest BCUT2D eigenvalue weighted by Gasteiger charge is 2.26. The summed E-state index contributed by atoms with van der Waals surface area (Å²) in [6, 6.07) is 26.6. The summed E-state index contributed by atoms with van der Waals surface area (Å²) in [6.45, 7) is 1.11. The topological polar surface area (TPSA) is 31.9 Å². The number of fused-ring (bicyclic) bond motifs is 1. The van der Waals surface area contributed by atoms with E-state index in [1.807, 2.05) is 0 Å². The van der Waals surface area contributed by atoms with E-state index in [9.17, 15) is 0 Å². The predicted molar refractivity (Wildman–Crippen MR) is 107 cm³/mol. The van der Waals surface area contributed by atoms with Gasteiger partial charge in [-0.15, -0.1) is 0 Å². The number of hydrogen-bond acceptors (Lipinski definition) is 2. The van der Waals surface area contributed by atoms with Gasteiger partial charge in [0.05, 0.1) is 23.4 Å². The van der Waals surface area contributed by atoms with E-state index in [0.29, 0.717) is 6.04 Å². The molecule has 1 aromatic heterocycles. The molecule has 1 aliphatic heterocycles. The number of nitrogens with one attached hydrogen (secondary N) is 1. The molecule has 0 bridgehead atoms. The predicted octanol–water partition coefficient (Wildman–Crippen LogP) is 5.57. The number of benzene rings is 3. The van der Waals surface area contributed by atoms with E-state index >= 15 is 0 Å². The molecule has 0 amide bonds. The smallest absolute Gasteiger partial charge is 0.0931 e. The fourth-order valence-corrected chi connectivity index (χ4v) is 4.06. The van der Waals surface area contributed by atoms with E-state index in [4.69, 9.17) is 0 Å². The third-order valence-corrected chi connectivity index (χ3v) is 5.39. The minimum absolute atomic E-state index is 0.435. The number of hydrogen-bond donors (Lipinski definition) is 1. The standard InChI is InChI=1S/C23H21N3/c1-2-5-17(6-3-1)18-8-11-20(12-9-18)26-14-4-7-23(26)19-10-13-21-22(15-19)25-16-24-21/h1-3,5-6,8-13,15-16,23H,4,7,14H2,(H,24,25). The summed E-state index contributed by atoms with van der Waals surface area (Å²) in [5.41, 5.74) is 7.35. The Hall–Kier alpha value is -3.07. The van der Waals surface area contributed by atoms with Crippen LogP contribution in [-0.2, 0) is 0 Å². The van der Waals surface area contributed by atoms with Gasteiger partial charge in [0.15, 0.2) is 0 Å². The van der Waals surface area contributed by atoms with Gasteiger partial charge >= 0.3 is 0 Å². The average molecular weight is 339 g/mol. The van der Waals surface area contributed by atoms with E-state index in [0.717, 1.165) is 17.6 Å². The highest BCUT2D eigenvalue weighted by Crippen LogP contribution is 2.37. The fraction of sp³-hybridized carbons (Fsp3) is 0.174. The Morgan fingerprint density at radius 3 is 2.54 bits per heavy atom. The van der Waals surface area contributed by atoms with E-state index in [-0.39, 0.29) is 0 Å². The quantitative estimate of drug-likeness (QED) is 0.529. The van der Waals surface area contributed by atoms with Crippen LogP contribution in [0, 0.1) is 0 Å². The van der Waals surface area contributed by atoms with Crippen LogP contribution in [0.3, 0.4) is 0 Å². The zero-order chi connectivity index (χ0) is 17.3. The molecule has 0 saturated carbocycles. The number of nitrogens with zero attached hydrogens (tertiary/aromatic N) is 2. The molecule has 2 heterocycles. The Kier molecular flexibility index (Phi) is 3.71. The summed E-state index contributed by atoms with van der Waals surface area (Å²) in [5.74, 6) is 0. The van der Waals surface area contributed by atoms with Crippen LogP contribution in [0.5, 0.6) is 0 Å². The molecular weight excluding hydrogens is 318 g/mol. The maximum absolute atomic E-state index is 4.33. The summed E-state index contributed by atoms with van der Waals surface area (Å²) in [4.78, 5) is 10.1. The Bertz CT molecular complexity index is 1020. The highest BCUT2D eigenvalue weighted by atomic mass is 15.2. The summed E-state index contributed by atoms with van der Waals surface area (Å²) >= 11 is 0. The largest absolute Gasteiger partial charge is 0.364 e. The number of aromatic amines is 1. The molecule has 26 heavy (non-hydrogen) atoms. The van der Waals surface area contributed by atoms with Gasteiger partial charge in [0.2, 0.25) is 0 Å². The molecule has 3 nitrogen and oxygen atoms in total. The minimum Gasteiger partial charge on any atom is -0.364 e. The number of imidazole rings is 1. The van der Waals surface area contributed by atoms with Crippen LogP contribution >= 0.6 is 0 Å². The highest BCUT2D eigenvalue weighted by molar-refractivity contribution is 5.75. The molecule has 1 fully saturated rings. The molecule has 128 valence electrons. The molecule has 0 spiro atoms. The zero-order valence-electron chi connectivity index (χ0n) is 14.6. The van der Waals surface area contributed by atoms with Gasteiger partial charge in [-0.25, -0.2) is 4.98 Å². The second-order valence-electron chi connectivity index (χ2n) is 6.94. The van der Waals surface area contributed by atoms with Gasteiger partial charge in [0.25, 0.3) is 0 Å². The number of aromatic nitrogens is 2. The van der Waals surface area contributed by atoms with Gasteiger partial charge in [-0.3, -0.25) is 0 Å². The van der Waals surface area contributed by atoms with Crippen molar-refractivity contribution in [2.24, 2.45) is 0 Å². The summed E-state index contributed by atoms with van der Waals surface area (Å²) in [6.07, 6.45) is 4.19. The molecule has 0 aliphatic carbocycles. The van der Waals surface area contributed by atoms with E-state index in [2.05, 4.69) is 87.7 Å². The van der Waals surface area contributed by atoms with Crippen LogP contribution in [0.15, 0.2) is 79.1 Å². The molecule has 1 unspecified atom stereocenters. The SMILES string of the molecule is c1ccc(-c2ccc(N3CCCC3c3ccc4nc[nH]c4c3)cc2)cc1. The number of rotatable bonds is 3. The minimum atomic E-state index is 0.435. The molecule has 1 N–H and O–H groups in total. The lowest BCUT2D eigenvalue weighted by molar-refractivity contribution is 0.720. The Balaban J connectivity index is 1.45. The molecule has 5 rings (SSSR count). The molecule has 1 saturated heterocycles. The van der Waals surface area contributed by atoms with Gasteiger partial charge in [0.1, 0.15) is 0 Å². The van der Waals surface area contributed by atoms with Gasteiger partial charge < -0.3 is 9.88 Å². The van der Waals surface area contributed by atoms with Crippen molar-refractivity contribution in [1.82, 2.24) is 9.97 Å². The first-order valence-electron chi connectivity index (χ1n) is 9.24. The van der Waals surface area contributed by atoms with Crippen molar-refractivity contribution in [3.63, 3.8) is 0 Å². The van der Waals surface area contributed by atoms with Crippen LogP contribution in [0.4, 0.5) is 5.69 Å². The normalized spacial score (nSPS) is 17.1. The van der Waals surface area contributed by atoms with Crippen molar-refractivity contribution in [1.29, 1.82) is 0 Å². The zero-order valence-corrected chi connectivity index (χ0v) is 14.6. The average Bonchev–Trinajstić information content (AvgIpc) is 3.37. The molecule has 1 atom stereocenters. The lowest BCUT2D eigenvalue weighted by Gasteiger charge is -2.27. The monoisotopic (exact) mass is 339 g/mol. The number of H-pyrrole nitrogens is 1. The first-order chi connectivity index (χ1) is 12.9. The Labute approximate surface area is 153 Å². The van der Waals surface area contributed by atoms with Gasteiger partial charge in [-0.2, -0.15) is 0 Å². The third kappa shape index (κ3) is 2.66. The molecule has 3 aromatic carbocycles. The molecular formula is C23H21N3. The fourth-order valence-electron chi connectivity index (χ4n) is 4.06. The molecule has 0 radical (unpaired) electrons. The van der Waals surface area contributed by atoms with E-state index in [1.54, 1.807) is 6.33 Å². The molecule has 1 aliphatic rings. The first kappa shape index (κ1) is 15.2. The molecule has 4 aromatic rings. The third-order valence-electron chi connectivity index (χ3n) is 5.39. The van der Waals surface area contributed by atoms with Gasteiger partial charge in [-0.05, 0) is 53.8 Å². The number of anilines is 1. The maximum Gasteiger partial charge on any atom is 0.0931 e. The van der Waals surface area contributed by atoms with Crippen molar-refractivity contribution < 1.29 is 0 Å². The van der Waals surface area contributed by atoms with Crippen LogP contribution in [0.1, 0.15) is 24.4 Å². The van der Waals surface area contributed by atoms with Crippen LogP contribution in [0.2, 0.25) is 0 Å². The van der Waals surface area contributed by atoms with Gasteiger partial charge in [-0.1, -0.05) is 48.5 Å². The van der Waals surface area contributed by atoms with Crippen molar-refractivity contribution in [3.05, 3.63) is 84.7 Å². The van der Waals surface area contributed by atoms with Crippen molar-refractivity contribution in [3.8, 4) is 11.1 Å². The lowest BCUT2D eigenvalue weighted by atomic mass is 10.0. The maximum atomic E-state index is 4.33.